The van der Waals surface area contributed by atoms with E-state index in [1.54, 1.807) is 0 Å². The number of hydrogen-bond acceptors (Lipinski definition) is 4. The standard InChI is InChI=1S/C55H37N3O/c1-3-11-36(12-4-1)38-19-21-39(22-20-38)40-23-28-43(29-24-40)54-56-53(42-14-5-2-6-15-42)57-55(58-54)44-30-26-41(27-31-44)47-33-34-48(46-32-25-37-13-7-8-16-45(37)35-46)52-51(47)49-17-9-10-18-50(49)59-52/h1-26,28-30,32-35H,27,31H2. The maximum Gasteiger partial charge on any atom is 0.164 e. The first-order valence-corrected chi connectivity index (χ1v) is 20.1. The number of allylic oxidation sites excluding steroid dienone is 4. The zero-order chi connectivity index (χ0) is 39.1. The summed E-state index contributed by atoms with van der Waals surface area (Å²) < 4.78 is 6.67. The zero-order valence-electron chi connectivity index (χ0n) is 32.2. The molecule has 0 amide bonds. The number of fused-ring (bicyclic) bond motifs is 4. The van der Waals surface area contributed by atoms with Gasteiger partial charge in [-0.2, -0.15) is 0 Å². The average Bonchev–Trinajstić information content (AvgIpc) is 3.72. The Balaban J connectivity index is 0.952. The number of rotatable bonds is 7. The van der Waals surface area contributed by atoms with E-state index in [1.165, 1.54) is 33.0 Å². The van der Waals surface area contributed by atoms with Crippen LogP contribution in [0.4, 0.5) is 0 Å². The van der Waals surface area contributed by atoms with E-state index in [1.807, 2.05) is 30.3 Å². The van der Waals surface area contributed by atoms with Gasteiger partial charge in [0, 0.05) is 27.5 Å². The molecular weight excluding hydrogens is 719 g/mol. The molecule has 4 heteroatoms. The fraction of sp³-hybridized carbons (Fsp3) is 0.0364. The molecule has 0 saturated carbocycles. The normalized spacial score (nSPS) is 12.8. The molecule has 0 unspecified atom stereocenters. The maximum absolute atomic E-state index is 6.67. The Hall–Kier alpha value is -7.69. The maximum atomic E-state index is 6.67. The van der Waals surface area contributed by atoms with Crippen molar-refractivity contribution in [3.63, 3.8) is 0 Å². The molecule has 11 rings (SSSR count). The quantitative estimate of drug-likeness (QED) is 0.163. The molecule has 2 aromatic heterocycles. The molecule has 8 aromatic carbocycles. The van der Waals surface area contributed by atoms with E-state index >= 15 is 0 Å². The van der Waals surface area contributed by atoms with E-state index in [-0.39, 0.29) is 0 Å². The van der Waals surface area contributed by atoms with Gasteiger partial charge in [-0.3, -0.25) is 0 Å². The Morgan fingerprint density at radius 1 is 0.356 bits per heavy atom. The number of para-hydroxylation sites is 1. The Kier molecular flexibility index (Phi) is 8.59. The minimum Gasteiger partial charge on any atom is -0.455 e. The van der Waals surface area contributed by atoms with Crippen LogP contribution in [-0.4, -0.2) is 15.0 Å². The largest absolute Gasteiger partial charge is 0.455 e. The summed E-state index contributed by atoms with van der Waals surface area (Å²) in [4.78, 5) is 15.2. The average molecular weight is 756 g/mol. The molecule has 0 N–H and O–H groups in total. The van der Waals surface area contributed by atoms with Gasteiger partial charge in [0.1, 0.15) is 11.2 Å². The van der Waals surface area contributed by atoms with Crippen LogP contribution in [0.5, 0.6) is 0 Å². The Labute approximate surface area is 342 Å². The van der Waals surface area contributed by atoms with Crippen LogP contribution in [0.25, 0.3) is 100 Å². The van der Waals surface area contributed by atoms with Crippen molar-refractivity contribution in [2.24, 2.45) is 0 Å². The molecule has 0 radical (unpaired) electrons. The van der Waals surface area contributed by atoms with Crippen molar-refractivity contribution in [2.75, 3.05) is 0 Å². The van der Waals surface area contributed by atoms with E-state index < -0.39 is 0 Å². The monoisotopic (exact) mass is 755 g/mol. The number of hydrogen-bond donors (Lipinski definition) is 0. The fourth-order valence-corrected chi connectivity index (χ4v) is 8.39. The second kappa shape index (κ2) is 14.7. The Bertz CT molecular complexity index is 3230. The van der Waals surface area contributed by atoms with Gasteiger partial charge in [-0.25, -0.2) is 15.0 Å². The number of benzene rings is 8. The highest BCUT2D eigenvalue weighted by Crippen LogP contribution is 2.43. The Morgan fingerprint density at radius 3 is 1.53 bits per heavy atom. The van der Waals surface area contributed by atoms with Crippen molar-refractivity contribution in [2.45, 2.75) is 12.8 Å². The summed E-state index contributed by atoms with van der Waals surface area (Å²) in [5, 5.41) is 4.72. The van der Waals surface area contributed by atoms with Gasteiger partial charge in [-0.05, 0) is 86.3 Å². The van der Waals surface area contributed by atoms with Crippen LogP contribution >= 0.6 is 0 Å². The van der Waals surface area contributed by atoms with E-state index in [0.717, 1.165) is 73.7 Å². The molecule has 1 aliphatic carbocycles. The third-order valence-electron chi connectivity index (χ3n) is 11.5. The lowest BCUT2D eigenvalue weighted by atomic mass is 9.88. The van der Waals surface area contributed by atoms with Crippen LogP contribution in [0.2, 0.25) is 0 Å². The third kappa shape index (κ3) is 6.51. The SMILES string of the molecule is C1=C(c2nc(-c3ccccc3)nc(-c3ccc(-c4ccc(-c5ccccc5)cc4)cc3)n2)CCC(c2ccc(-c3ccc4ccccc4c3)c3oc4ccccc4c23)=C1. The van der Waals surface area contributed by atoms with Crippen LogP contribution in [0.3, 0.4) is 0 Å². The minimum absolute atomic E-state index is 0.659. The van der Waals surface area contributed by atoms with Crippen LogP contribution < -0.4 is 0 Å². The minimum atomic E-state index is 0.659. The first-order chi connectivity index (χ1) is 29.2. The summed E-state index contributed by atoms with van der Waals surface area (Å²) in [6, 6.07) is 65.9. The van der Waals surface area contributed by atoms with Gasteiger partial charge in [0.2, 0.25) is 0 Å². The van der Waals surface area contributed by atoms with E-state index in [0.29, 0.717) is 17.5 Å². The Morgan fingerprint density at radius 2 is 0.847 bits per heavy atom. The molecular formula is C55H37N3O. The van der Waals surface area contributed by atoms with E-state index in [2.05, 4.69) is 170 Å². The van der Waals surface area contributed by atoms with Gasteiger partial charge in [0.15, 0.2) is 17.5 Å². The summed E-state index contributed by atoms with van der Waals surface area (Å²) in [7, 11) is 0. The summed E-state index contributed by atoms with van der Waals surface area (Å²) in [5.41, 5.74) is 14.2. The zero-order valence-corrected chi connectivity index (χ0v) is 32.2. The lowest BCUT2D eigenvalue weighted by molar-refractivity contribution is 0.670. The molecule has 278 valence electrons. The fourth-order valence-electron chi connectivity index (χ4n) is 8.39. The molecule has 4 nitrogen and oxygen atoms in total. The smallest absolute Gasteiger partial charge is 0.164 e. The van der Waals surface area contributed by atoms with Crippen molar-refractivity contribution in [1.29, 1.82) is 0 Å². The molecule has 10 aromatic rings. The molecule has 59 heavy (non-hydrogen) atoms. The summed E-state index contributed by atoms with van der Waals surface area (Å²) >= 11 is 0. The molecule has 0 atom stereocenters. The highest BCUT2D eigenvalue weighted by Gasteiger charge is 2.21. The predicted molar refractivity (Wildman–Crippen MR) is 243 cm³/mol. The highest BCUT2D eigenvalue weighted by molar-refractivity contribution is 6.14. The molecule has 0 aliphatic heterocycles. The van der Waals surface area contributed by atoms with Crippen LogP contribution in [-0.2, 0) is 0 Å². The number of aromatic nitrogens is 3. The molecule has 0 bridgehead atoms. The summed E-state index contributed by atoms with van der Waals surface area (Å²) in [6.45, 7) is 0. The van der Waals surface area contributed by atoms with E-state index in [9.17, 15) is 0 Å². The predicted octanol–water partition coefficient (Wildman–Crippen LogP) is 14.5. The van der Waals surface area contributed by atoms with Gasteiger partial charge in [-0.1, -0.05) is 182 Å². The van der Waals surface area contributed by atoms with Crippen molar-refractivity contribution in [1.82, 2.24) is 15.0 Å². The van der Waals surface area contributed by atoms with E-state index in [4.69, 9.17) is 19.4 Å². The summed E-state index contributed by atoms with van der Waals surface area (Å²) in [6.07, 6.45) is 6.08. The second-order valence-corrected chi connectivity index (χ2v) is 15.1. The van der Waals surface area contributed by atoms with Gasteiger partial charge >= 0.3 is 0 Å². The molecule has 0 saturated heterocycles. The highest BCUT2D eigenvalue weighted by atomic mass is 16.3. The van der Waals surface area contributed by atoms with Crippen LogP contribution in [0, 0.1) is 0 Å². The van der Waals surface area contributed by atoms with Crippen molar-refractivity contribution in [3.05, 3.63) is 212 Å². The van der Waals surface area contributed by atoms with Gasteiger partial charge in [-0.15, -0.1) is 0 Å². The van der Waals surface area contributed by atoms with Crippen molar-refractivity contribution in [3.8, 4) is 56.2 Å². The third-order valence-corrected chi connectivity index (χ3v) is 11.5. The van der Waals surface area contributed by atoms with Gasteiger partial charge < -0.3 is 4.42 Å². The van der Waals surface area contributed by atoms with Crippen molar-refractivity contribution >= 4 is 43.9 Å². The topological polar surface area (TPSA) is 51.8 Å². The van der Waals surface area contributed by atoms with Gasteiger partial charge in [0.05, 0.1) is 0 Å². The van der Waals surface area contributed by atoms with Crippen LogP contribution in [0.1, 0.15) is 24.2 Å². The van der Waals surface area contributed by atoms with Gasteiger partial charge in [0.25, 0.3) is 0 Å². The lowest BCUT2D eigenvalue weighted by Gasteiger charge is -2.17. The summed E-state index contributed by atoms with van der Waals surface area (Å²) in [5.74, 6) is 2.03. The van der Waals surface area contributed by atoms with Crippen LogP contribution in [0.15, 0.2) is 205 Å². The molecule has 0 fully saturated rings. The molecule has 1 aliphatic rings. The second-order valence-electron chi connectivity index (χ2n) is 15.1. The molecule has 0 spiro atoms. The number of furan rings is 1. The van der Waals surface area contributed by atoms with Crippen molar-refractivity contribution < 1.29 is 4.42 Å². The number of nitrogens with zero attached hydrogens (tertiary/aromatic N) is 3. The molecule has 2 heterocycles. The first-order valence-electron chi connectivity index (χ1n) is 20.1. The lowest BCUT2D eigenvalue weighted by Crippen LogP contribution is -2.04. The first kappa shape index (κ1) is 34.5.